The van der Waals surface area contributed by atoms with Crippen molar-refractivity contribution >= 4 is 17.5 Å². The van der Waals surface area contributed by atoms with E-state index in [1.165, 1.54) is 0 Å². The van der Waals surface area contributed by atoms with Gasteiger partial charge in [0.25, 0.3) is 0 Å². The van der Waals surface area contributed by atoms with E-state index >= 15 is 0 Å². The van der Waals surface area contributed by atoms with Gasteiger partial charge in [-0.2, -0.15) is 0 Å². The molecule has 1 heterocycles. The van der Waals surface area contributed by atoms with E-state index in [4.69, 9.17) is 16.3 Å². The third-order valence-corrected chi connectivity index (χ3v) is 5.25. The van der Waals surface area contributed by atoms with Crippen molar-refractivity contribution in [3.8, 4) is 0 Å². The van der Waals surface area contributed by atoms with E-state index in [-0.39, 0.29) is 11.8 Å². The van der Waals surface area contributed by atoms with Crippen LogP contribution in [-0.4, -0.2) is 48.3 Å². The van der Waals surface area contributed by atoms with Gasteiger partial charge in [0.1, 0.15) is 0 Å². The minimum absolute atomic E-state index is 0.0515. The molecule has 0 saturated carbocycles. The van der Waals surface area contributed by atoms with Crippen LogP contribution in [0.3, 0.4) is 0 Å². The Morgan fingerprint density at radius 3 is 2.87 bits per heavy atom. The lowest BCUT2D eigenvalue weighted by Crippen LogP contribution is -2.52. The average Bonchev–Trinajstić information content (AvgIpc) is 2.54. The third kappa shape index (κ3) is 4.69. The lowest BCUT2D eigenvalue weighted by molar-refractivity contribution is -0.140. The van der Waals surface area contributed by atoms with Crippen molar-refractivity contribution in [3.05, 3.63) is 34.9 Å². The molecule has 2 rings (SSSR count). The number of methoxy groups -OCH3 is 1. The summed E-state index contributed by atoms with van der Waals surface area (Å²) in [5.74, 6) is 0.182. The second-order valence-corrected chi connectivity index (χ2v) is 6.84. The lowest BCUT2D eigenvalue weighted by Gasteiger charge is -2.43. The predicted molar refractivity (Wildman–Crippen MR) is 91.6 cm³/mol. The Morgan fingerprint density at radius 2 is 2.22 bits per heavy atom. The van der Waals surface area contributed by atoms with Crippen molar-refractivity contribution in [3.63, 3.8) is 0 Å². The lowest BCUT2D eigenvalue weighted by atomic mass is 9.80. The van der Waals surface area contributed by atoms with Crippen molar-refractivity contribution in [1.29, 1.82) is 0 Å². The highest BCUT2D eigenvalue weighted by molar-refractivity contribution is 6.31. The zero-order valence-electron chi connectivity index (χ0n) is 13.9. The first kappa shape index (κ1) is 18.2. The van der Waals surface area contributed by atoms with Crippen LogP contribution in [-0.2, 0) is 16.0 Å². The second kappa shape index (κ2) is 8.13. The maximum atomic E-state index is 12.4. The molecule has 1 aliphatic rings. The molecule has 0 bridgehead atoms. The number of hydrogen-bond acceptors (Lipinski definition) is 3. The molecule has 1 aliphatic heterocycles. The molecule has 1 N–H and O–H groups in total. The summed E-state index contributed by atoms with van der Waals surface area (Å²) in [4.78, 5) is 14.3. The van der Waals surface area contributed by atoms with Crippen LogP contribution in [0, 0.1) is 5.92 Å². The Bertz CT molecular complexity index is 537. The number of nitrogens with zero attached hydrogens (tertiary/aromatic N) is 1. The van der Waals surface area contributed by atoms with Gasteiger partial charge in [0.05, 0.1) is 5.60 Å². The minimum Gasteiger partial charge on any atom is -0.389 e. The molecule has 0 spiro atoms. The van der Waals surface area contributed by atoms with E-state index in [9.17, 15) is 9.90 Å². The molecule has 1 saturated heterocycles. The summed E-state index contributed by atoms with van der Waals surface area (Å²) >= 11 is 6.13. The summed E-state index contributed by atoms with van der Waals surface area (Å²) in [6, 6.07) is 7.63. The normalized spacial score (nSPS) is 24.7. The summed E-state index contributed by atoms with van der Waals surface area (Å²) < 4.78 is 5.08. The van der Waals surface area contributed by atoms with Crippen LogP contribution in [0.4, 0.5) is 0 Å². The van der Waals surface area contributed by atoms with Crippen molar-refractivity contribution in [1.82, 2.24) is 4.90 Å². The summed E-state index contributed by atoms with van der Waals surface area (Å²) in [5.41, 5.74) is 0.277. The number of halogens is 1. The van der Waals surface area contributed by atoms with Crippen molar-refractivity contribution in [2.75, 3.05) is 26.8 Å². The molecule has 0 aliphatic carbocycles. The number of aliphatic hydroxyl groups is 1. The molecule has 1 aromatic rings. The van der Waals surface area contributed by atoms with Crippen LogP contribution >= 0.6 is 11.6 Å². The first-order valence-corrected chi connectivity index (χ1v) is 8.56. The number of benzene rings is 1. The quantitative estimate of drug-likeness (QED) is 0.867. The van der Waals surface area contributed by atoms with Crippen LogP contribution in [0.2, 0.25) is 5.02 Å². The number of amides is 1. The molecule has 0 unspecified atom stereocenters. The molecule has 2 atom stereocenters. The molecule has 1 amide bonds. The van der Waals surface area contributed by atoms with E-state index in [2.05, 4.69) is 0 Å². The monoisotopic (exact) mass is 339 g/mol. The number of piperidine rings is 1. The van der Waals surface area contributed by atoms with Crippen molar-refractivity contribution in [2.24, 2.45) is 5.92 Å². The Balaban J connectivity index is 1.86. The fourth-order valence-corrected chi connectivity index (χ4v) is 3.37. The van der Waals surface area contributed by atoms with E-state index < -0.39 is 5.60 Å². The molecular formula is C18H26ClNO3. The molecule has 1 fully saturated rings. The number of aryl methyl sites for hydroxylation is 1. The first-order valence-electron chi connectivity index (χ1n) is 8.19. The number of carbonyl (C=O) groups is 1. The van der Waals surface area contributed by atoms with Gasteiger partial charge in [-0.05, 0) is 30.9 Å². The summed E-state index contributed by atoms with van der Waals surface area (Å²) in [6.07, 6.45) is 2.33. The van der Waals surface area contributed by atoms with Gasteiger partial charge in [0, 0.05) is 44.2 Å². The summed E-state index contributed by atoms with van der Waals surface area (Å²) in [6.45, 7) is 3.75. The molecule has 1 aromatic carbocycles. The van der Waals surface area contributed by atoms with Gasteiger partial charge in [-0.15, -0.1) is 0 Å². The average molecular weight is 340 g/mol. The largest absolute Gasteiger partial charge is 0.389 e. The van der Waals surface area contributed by atoms with Crippen LogP contribution in [0.15, 0.2) is 24.3 Å². The number of likely N-dealkylation sites (tertiary alicyclic amines) is 1. The van der Waals surface area contributed by atoms with E-state index in [1.807, 2.05) is 36.1 Å². The maximum absolute atomic E-state index is 12.4. The molecule has 0 aromatic heterocycles. The van der Waals surface area contributed by atoms with Gasteiger partial charge in [0.2, 0.25) is 5.91 Å². The highest BCUT2D eigenvalue weighted by Gasteiger charge is 2.39. The number of hydrogen-bond donors (Lipinski definition) is 1. The van der Waals surface area contributed by atoms with Crippen LogP contribution in [0.5, 0.6) is 0 Å². The number of rotatable bonds is 6. The maximum Gasteiger partial charge on any atom is 0.222 e. The first-order chi connectivity index (χ1) is 11.0. The van der Waals surface area contributed by atoms with Gasteiger partial charge in [0.15, 0.2) is 0 Å². The van der Waals surface area contributed by atoms with Crippen LogP contribution in [0.25, 0.3) is 0 Å². The highest BCUT2D eigenvalue weighted by Crippen LogP contribution is 2.31. The molecular weight excluding hydrogens is 314 g/mol. The predicted octanol–water partition coefficient (Wildman–Crippen LogP) is 2.91. The van der Waals surface area contributed by atoms with Crippen LogP contribution < -0.4 is 0 Å². The molecule has 23 heavy (non-hydrogen) atoms. The minimum atomic E-state index is -0.727. The van der Waals surface area contributed by atoms with Gasteiger partial charge < -0.3 is 14.7 Å². The highest BCUT2D eigenvalue weighted by atomic mass is 35.5. The van der Waals surface area contributed by atoms with E-state index in [1.54, 1.807) is 7.11 Å². The van der Waals surface area contributed by atoms with E-state index in [0.29, 0.717) is 50.4 Å². The second-order valence-electron chi connectivity index (χ2n) is 6.43. The smallest absolute Gasteiger partial charge is 0.222 e. The zero-order valence-corrected chi connectivity index (χ0v) is 14.7. The summed E-state index contributed by atoms with van der Waals surface area (Å²) in [7, 11) is 1.64. The summed E-state index contributed by atoms with van der Waals surface area (Å²) in [5, 5.41) is 11.4. The Labute approximate surface area is 143 Å². The van der Waals surface area contributed by atoms with Gasteiger partial charge in [-0.1, -0.05) is 36.7 Å². The SMILES string of the molecule is COCC[C@@]1(O)CCN(C(=O)CCc2ccccc2Cl)C[C@@H]1C. The van der Waals surface area contributed by atoms with Gasteiger partial charge >= 0.3 is 0 Å². The Kier molecular flexibility index (Phi) is 6.45. The molecule has 4 nitrogen and oxygen atoms in total. The van der Waals surface area contributed by atoms with E-state index in [0.717, 1.165) is 5.56 Å². The third-order valence-electron chi connectivity index (χ3n) is 4.88. The van der Waals surface area contributed by atoms with Gasteiger partial charge in [-0.3, -0.25) is 4.79 Å². The fourth-order valence-electron chi connectivity index (χ4n) is 3.14. The Hall–Kier alpha value is -1.10. The fraction of sp³-hybridized carbons (Fsp3) is 0.611. The topological polar surface area (TPSA) is 49.8 Å². The van der Waals surface area contributed by atoms with Gasteiger partial charge in [-0.25, -0.2) is 0 Å². The zero-order chi connectivity index (χ0) is 16.9. The standard InChI is InChI=1S/C18H26ClNO3/c1-14-13-20(11-9-18(14,22)10-12-23-2)17(21)8-7-15-5-3-4-6-16(15)19/h3-6,14,22H,7-13H2,1-2H3/t14-,18-/m0/s1. The molecule has 5 heteroatoms. The molecule has 128 valence electrons. The Morgan fingerprint density at radius 1 is 1.48 bits per heavy atom. The van der Waals surface area contributed by atoms with Crippen molar-refractivity contribution in [2.45, 2.75) is 38.2 Å². The van der Waals surface area contributed by atoms with Crippen molar-refractivity contribution < 1.29 is 14.6 Å². The number of carbonyl (C=O) groups excluding carboxylic acids is 1. The molecule has 0 radical (unpaired) electrons. The van der Waals surface area contributed by atoms with Crippen LogP contribution in [0.1, 0.15) is 31.7 Å². The number of ether oxygens (including phenoxy) is 1.